The maximum absolute atomic E-state index is 13.4. The number of carbonyl (C=O) groups is 2. The van der Waals surface area contributed by atoms with E-state index in [1.807, 2.05) is 55.5 Å². The number of ether oxygens (including phenoxy) is 2. The summed E-state index contributed by atoms with van der Waals surface area (Å²) in [5, 5.41) is 21.5. The smallest absolute Gasteiger partial charge is 0.254 e. The van der Waals surface area contributed by atoms with Gasteiger partial charge in [0.05, 0.1) is 18.6 Å². The van der Waals surface area contributed by atoms with Crippen LogP contribution in [0.15, 0.2) is 60.7 Å². The molecule has 2 amide bonds. The molecule has 1 heterocycles. The van der Waals surface area contributed by atoms with E-state index in [4.69, 9.17) is 9.47 Å². The van der Waals surface area contributed by atoms with Gasteiger partial charge >= 0.3 is 0 Å². The predicted octanol–water partition coefficient (Wildman–Crippen LogP) is 3.98. The summed E-state index contributed by atoms with van der Waals surface area (Å²) in [6, 6.07) is 18.7. The van der Waals surface area contributed by atoms with Gasteiger partial charge in [-0.25, -0.2) is 0 Å². The maximum Gasteiger partial charge on any atom is 0.254 e. The summed E-state index contributed by atoms with van der Waals surface area (Å²) in [7, 11) is 0. The highest BCUT2D eigenvalue weighted by Gasteiger charge is 2.51. The fourth-order valence-electron chi connectivity index (χ4n) is 4.76. The second-order valence-corrected chi connectivity index (χ2v) is 9.45. The number of aliphatic hydroxyl groups excluding tert-OH is 2. The number of aryl methyl sites for hydroxylation is 1. The number of aliphatic hydroxyl groups is 2. The van der Waals surface area contributed by atoms with Gasteiger partial charge in [0, 0.05) is 27.2 Å². The maximum atomic E-state index is 13.4. The Morgan fingerprint density at radius 2 is 1.65 bits per heavy atom. The van der Waals surface area contributed by atoms with Gasteiger partial charge in [0.25, 0.3) is 5.91 Å². The van der Waals surface area contributed by atoms with Crippen molar-refractivity contribution in [1.29, 1.82) is 0 Å². The highest BCUT2D eigenvalue weighted by atomic mass is 16.7. The normalized spacial score (nSPS) is 14.8. The van der Waals surface area contributed by atoms with Crippen molar-refractivity contribution in [3.63, 3.8) is 0 Å². The largest absolute Gasteiger partial charge is 0.454 e. The van der Waals surface area contributed by atoms with Crippen molar-refractivity contribution in [3.05, 3.63) is 77.4 Å². The molecule has 3 aromatic carbocycles. The molecule has 0 bridgehead atoms. The number of nitrogens with one attached hydrogen (secondary N) is 1. The Morgan fingerprint density at radius 1 is 0.946 bits per heavy atom. The van der Waals surface area contributed by atoms with Gasteiger partial charge < -0.3 is 29.9 Å². The van der Waals surface area contributed by atoms with Crippen LogP contribution in [0.3, 0.4) is 0 Å². The first-order chi connectivity index (χ1) is 17.9. The molecule has 8 heteroatoms. The highest BCUT2D eigenvalue weighted by Crippen LogP contribution is 2.51. The summed E-state index contributed by atoms with van der Waals surface area (Å²) in [6.07, 6.45) is 1.55. The second-order valence-electron chi connectivity index (χ2n) is 9.45. The van der Waals surface area contributed by atoms with Gasteiger partial charge in [-0.15, -0.1) is 0 Å². The summed E-state index contributed by atoms with van der Waals surface area (Å²) < 4.78 is 10.9. The average molecular weight is 507 g/mol. The predicted molar refractivity (Wildman–Crippen MR) is 143 cm³/mol. The molecule has 37 heavy (non-hydrogen) atoms. The van der Waals surface area contributed by atoms with Crippen LogP contribution in [0.25, 0.3) is 11.1 Å². The van der Waals surface area contributed by atoms with Gasteiger partial charge in [-0.05, 0) is 78.4 Å². The molecule has 3 aromatic rings. The van der Waals surface area contributed by atoms with Crippen LogP contribution in [-0.4, -0.2) is 60.0 Å². The van der Waals surface area contributed by atoms with E-state index in [2.05, 4.69) is 5.32 Å². The summed E-state index contributed by atoms with van der Waals surface area (Å²) in [4.78, 5) is 27.5. The van der Waals surface area contributed by atoms with E-state index >= 15 is 0 Å². The number of fused-ring (bicyclic) bond motifs is 1. The van der Waals surface area contributed by atoms with E-state index < -0.39 is 5.41 Å². The zero-order valence-corrected chi connectivity index (χ0v) is 20.7. The summed E-state index contributed by atoms with van der Waals surface area (Å²) in [5.41, 5.74) is 4.45. The Balaban J connectivity index is 0.00000210. The van der Waals surface area contributed by atoms with Crippen LogP contribution in [0, 0.1) is 6.92 Å². The van der Waals surface area contributed by atoms with Crippen molar-refractivity contribution < 1.29 is 32.1 Å². The lowest BCUT2D eigenvalue weighted by molar-refractivity contribution is -0.118. The van der Waals surface area contributed by atoms with Gasteiger partial charge in [-0.2, -0.15) is 0 Å². The zero-order valence-electron chi connectivity index (χ0n) is 20.7. The number of carbonyl (C=O) groups excluding carboxylic acids is 2. The van der Waals surface area contributed by atoms with Crippen molar-refractivity contribution in [2.75, 3.05) is 38.4 Å². The monoisotopic (exact) mass is 506 g/mol. The lowest BCUT2D eigenvalue weighted by Crippen LogP contribution is -2.35. The number of amides is 2. The fraction of sp³-hybridized carbons (Fsp3) is 0.310. The Kier molecular flexibility index (Phi) is 6.86. The van der Waals surface area contributed by atoms with E-state index in [1.54, 1.807) is 12.1 Å². The van der Waals surface area contributed by atoms with Crippen LogP contribution < -0.4 is 14.8 Å². The molecule has 0 radical (unpaired) electrons. The molecule has 1 aliphatic carbocycles. The molecule has 5 rings (SSSR count). The van der Waals surface area contributed by atoms with Gasteiger partial charge in [0.15, 0.2) is 11.5 Å². The number of rotatable bonds is 9. The van der Waals surface area contributed by atoms with Crippen LogP contribution >= 0.6 is 0 Å². The van der Waals surface area contributed by atoms with E-state index in [0.29, 0.717) is 22.7 Å². The average Bonchev–Trinajstić information content (AvgIpc) is 3.60. The van der Waals surface area contributed by atoms with Gasteiger partial charge in [0.1, 0.15) is 0 Å². The molecular formula is C29H34N2O6. The first-order valence-corrected chi connectivity index (χ1v) is 12.4. The molecule has 0 spiro atoms. The van der Waals surface area contributed by atoms with E-state index in [-0.39, 0.29) is 47.8 Å². The SMILES string of the molecule is Cc1ccc(NC(=O)C2(c3ccc4c(c3)OCO4)CC2)cc1-c1ccc(C(=O)N(CCO)CCO)cc1.[HH].[HH]. The van der Waals surface area contributed by atoms with E-state index in [1.165, 1.54) is 4.90 Å². The molecule has 0 atom stereocenters. The highest BCUT2D eigenvalue weighted by molar-refractivity contribution is 6.02. The van der Waals surface area contributed by atoms with Crippen molar-refractivity contribution in [2.24, 2.45) is 0 Å². The van der Waals surface area contributed by atoms with Crippen LogP contribution in [0.5, 0.6) is 11.5 Å². The number of hydrogen-bond donors (Lipinski definition) is 3. The molecule has 0 saturated heterocycles. The summed E-state index contributed by atoms with van der Waals surface area (Å²) >= 11 is 0. The Bertz CT molecular complexity index is 1320. The van der Waals surface area contributed by atoms with Crippen molar-refractivity contribution in [2.45, 2.75) is 25.2 Å². The Labute approximate surface area is 218 Å². The third-order valence-corrected chi connectivity index (χ3v) is 7.08. The molecule has 0 aromatic heterocycles. The minimum Gasteiger partial charge on any atom is -0.454 e. The third-order valence-electron chi connectivity index (χ3n) is 7.08. The van der Waals surface area contributed by atoms with Crippen molar-refractivity contribution in [3.8, 4) is 22.6 Å². The third kappa shape index (κ3) is 4.90. The van der Waals surface area contributed by atoms with Crippen LogP contribution in [0.1, 0.15) is 37.2 Å². The lowest BCUT2D eigenvalue weighted by atomic mass is 9.94. The molecule has 8 nitrogen and oxygen atoms in total. The quantitative estimate of drug-likeness (QED) is 0.405. The molecule has 196 valence electrons. The Morgan fingerprint density at radius 3 is 2.32 bits per heavy atom. The van der Waals surface area contributed by atoms with E-state index in [9.17, 15) is 19.8 Å². The van der Waals surface area contributed by atoms with Gasteiger partial charge in [-0.1, -0.05) is 24.3 Å². The summed E-state index contributed by atoms with van der Waals surface area (Å²) in [5.74, 6) is 1.08. The first kappa shape index (κ1) is 24.8. The first-order valence-electron chi connectivity index (χ1n) is 12.4. The number of hydrogen-bond acceptors (Lipinski definition) is 6. The van der Waals surface area contributed by atoms with Gasteiger partial charge in [0.2, 0.25) is 12.7 Å². The molecular weight excluding hydrogens is 472 g/mol. The Hall–Kier alpha value is -3.88. The molecule has 1 saturated carbocycles. The molecule has 1 fully saturated rings. The minimum absolute atomic E-state index is 0. The number of nitrogens with zero attached hydrogens (tertiary/aromatic N) is 1. The van der Waals surface area contributed by atoms with Crippen LogP contribution in [-0.2, 0) is 10.2 Å². The fourth-order valence-corrected chi connectivity index (χ4v) is 4.76. The van der Waals surface area contributed by atoms with Crippen molar-refractivity contribution in [1.82, 2.24) is 4.90 Å². The number of benzene rings is 3. The molecule has 0 unspecified atom stereocenters. The molecule has 3 N–H and O–H groups in total. The molecule has 1 aliphatic heterocycles. The van der Waals surface area contributed by atoms with Gasteiger partial charge in [-0.3, -0.25) is 9.59 Å². The minimum atomic E-state index is -0.566. The van der Waals surface area contributed by atoms with E-state index in [0.717, 1.165) is 35.1 Å². The standard InChI is InChI=1S/C29H30N2O6.2H2/c1-19-2-8-23(30-28(35)29(10-11-29)22-7-9-25-26(16-22)37-18-36-25)17-24(19)20-3-5-21(6-4-20)27(34)31(12-14-32)13-15-33;;/h2-9,16-17,32-33H,10-15,18H2,1H3,(H,30,35);2*1H. The number of anilines is 1. The van der Waals surface area contributed by atoms with Crippen molar-refractivity contribution >= 4 is 17.5 Å². The molecule has 2 aliphatic rings. The second kappa shape index (κ2) is 10.2. The van der Waals surface area contributed by atoms with Crippen LogP contribution in [0.2, 0.25) is 0 Å². The summed E-state index contributed by atoms with van der Waals surface area (Å²) in [6.45, 7) is 2.18. The topological polar surface area (TPSA) is 108 Å². The zero-order chi connectivity index (χ0) is 26.0. The van der Waals surface area contributed by atoms with Crippen LogP contribution in [0.4, 0.5) is 5.69 Å². The lowest BCUT2D eigenvalue weighted by Gasteiger charge is -2.21.